The lowest BCUT2D eigenvalue weighted by molar-refractivity contribution is 0.122. The molecule has 0 unspecified atom stereocenters. The molecule has 2 heterocycles. The van der Waals surface area contributed by atoms with Crippen LogP contribution >= 0.6 is 11.8 Å². The molecule has 5 nitrogen and oxygen atoms in total. The van der Waals surface area contributed by atoms with Gasteiger partial charge in [-0.05, 0) is 24.6 Å². The summed E-state index contributed by atoms with van der Waals surface area (Å²) in [5.74, 6) is 1.77. The third-order valence-electron chi connectivity index (χ3n) is 4.41. The maximum atomic E-state index is 5.49. The van der Waals surface area contributed by atoms with Crippen LogP contribution in [0.1, 0.15) is 11.1 Å². The van der Waals surface area contributed by atoms with Gasteiger partial charge in [0, 0.05) is 18.8 Å². The SMILES string of the molecule is Cc1ccc(-n2c(SCc3ccccc3)nnc2N2CCOCC2)cc1. The molecule has 1 aliphatic heterocycles. The number of anilines is 1. The molecule has 0 radical (unpaired) electrons. The summed E-state index contributed by atoms with van der Waals surface area (Å²) in [5.41, 5.74) is 3.62. The summed E-state index contributed by atoms with van der Waals surface area (Å²) in [6, 6.07) is 19.0. The zero-order chi connectivity index (χ0) is 17.8. The van der Waals surface area contributed by atoms with Crippen LogP contribution in [0, 0.1) is 6.92 Å². The van der Waals surface area contributed by atoms with E-state index >= 15 is 0 Å². The molecule has 6 heteroatoms. The number of morpholine rings is 1. The van der Waals surface area contributed by atoms with Crippen molar-refractivity contribution < 1.29 is 4.74 Å². The largest absolute Gasteiger partial charge is 0.378 e. The van der Waals surface area contributed by atoms with Crippen molar-refractivity contribution in [3.05, 3.63) is 65.7 Å². The first-order valence-electron chi connectivity index (χ1n) is 8.83. The van der Waals surface area contributed by atoms with Crippen LogP contribution in [0.5, 0.6) is 0 Å². The lowest BCUT2D eigenvalue weighted by Gasteiger charge is -2.28. The highest BCUT2D eigenvalue weighted by molar-refractivity contribution is 7.98. The van der Waals surface area contributed by atoms with Gasteiger partial charge < -0.3 is 9.64 Å². The fourth-order valence-electron chi connectivity index (χ4n) is 2.97. The van der Waals surface area contributed by atoms with E-state index in [2.05, 4.69) is 75.1 Å². The van der Waals surface area contributed by atoms with Crippen molar-refractivity contribution in [3.63, 3.8) is 0 Å². The van der Waals surface area contributed by atoms with E-state index in [-0.39, 0.29) is 0 Å². The molecular formula is C20H22N4OS. The molecule has 0 amide bonds. The zero-order valence-corrected chi connectivity index (χ0v) is 15.7. The molecule has 0 atom stereocenters. The minimum atomic E-state index is 0.729. The summed E-state index contributed by atoms with van der Waals surface area (Å²) < 4.78 is 7.66. The molecule has 0 spiro atoms. The van der Waals surface area contributed by atoms with Crippen molar-refractivity contribution >= 4 is 17.7 Å². The molecule has 134 valence electrons. The minimum absolute atomic E-state index is 0.729. The molecule has 4 rings (SSSR count). The quantitative estimate of drug-likeness (QED) is 0.644. The molecule has 0 saturated carbocycles. The average molecular weight is 366 g/mol. The van der Waals surface area contributed by atoms with Crippen LogP contribution in [-0.2, 0) is 10.5 Å². The first-order chi connectivity index (χ1) is 12.8. The molecule has 2 aromatic carbocycles. The monoisotopic (exact) mass is 366 g/mol. The smallest absolute Gasteiger partial charge is 0.232 e. The number of nitrogens with zero attached hydrogens (tertiary/aromatic N) is 4. The van der Waals surface area contributed by atoms with Crippen LogP contribution in [0.4, 0.5) is 5.95 Å². The van der Waals surface area contributed by atoms with Gasteiger partial charge in [-0.1, -0.05) is 59.8 Å². The molecule has 0 aliphatic carbocycles. The summed E-state index contributed by atoms with van der Waals surface area (Å²) >= 11 is 1.72. The Morgan fingerprint density at radius 2 is 1.69 bits per heavy atom. The Hall–Kier alpha value is -2.31. The van der Waals surface area contributed by atoms with E-state index < -0.39 is 0 Å². The second kappa shape index (κ2) is 7.93. The first-order valence-corrected chi connectivity index (χ1v) is 9.82. The number of aryl methyl sites for hydroxylation is 1. The summed E-state index contributed by atoms with van der Waals surface area (Å²) in [6.07, 6.45) is 0. The molecule has 3 aromatic rings. The maximum absolute atomic E-state index is 5.49. The molecule has 0 N–H and O–H groups in total. The Balaban J connectivity index is 1.66. The van der Waals surface area contributed by atoms with E-state index in [1.54, 1.807) is 11.8 Å². The fourth-order valence-corrected chi connectivity index (χ4v) is 3.87. The van der Waals surface area contributed by atoms with Gasteiger partial charge in [0.25, 0.3) is 0 Å². The summed E-state index contributed by atoms with van der Waals surface area (Å²) in [4.78, 5) is 2.25. The van der Waals surface area contributed by atoms with Crippen LogP contribution in [0.15, 0.2) is 59.8 Å². The Bertz CT molecular complexity index is 842. The van der Waals surface area contributed by atoms with E-state index in [0.29, 0.717) is 0 Å². The molecule has 1 fully saturated rings. The van der Waals surface area contributed by atoms with Gasteiger partial charge in [-0.3, -0.25) is 4.57 Å². The first kappa shape index (κ1) is 17.1. The van der Waals surface area contributed by atoms with E-state index in [1.165, 1.54) is 11.1 Å². The predicted molar refractivity (Wildman–Crippen MR) is 105 cm³/mol. The van der Waals surface area contributed by atoms with Crippen molar-refractivity contribution in [2.45, 2.75) is 17.8 Å². The van der Waals surface area contributed by atoms with Crippen LogP contribution < -0.4 is 4.90 Å². The Kier molecular flexibility index (Phi) is 5.22. The van der Waals surface area contributed by atoms with Gasteiger partial charge in [0.2, 0.25) is 5.95 Å². The molecule has 1 saturated heterocycles. The van der Waals surface area contributed by atoms with E-state index in [0.717, 1.165) is 48.8 Å². The third-order valence-corrected chi connectivity index (χ3v) is 5.41. The minimum Gasteiger partial charge on any atom is -0.378 e. The second-order valence-corrected chi connectivity index (χ2v) is 7.27. The number of thioether (sulfide) groups is 1. The van der Waals surface area contributed by atoms with Gasteiger partial charge in [-0.2, -0.15) is 0 Å². The highest BCUT2D eigenvalue weighted by Gasteiger charge is 2.21. The third kappa shape index (κ3) is 3.76. The van der Waals surface area contributed by atoms with Gasteiger partial charge in [-0.25, -0.2) is 0 Å². The summed E-state index contributed by atoms with van der Waals surface area (Å²) in [7, 11) is 0. The van der Waals surface area contributed by atoms with Crippen molar-refractivity contribution in [2.75, 3.05) is 31.2 Å². The standard InChI is InChI=1S/C20H22N4OS/c1-16-7-9-18(10-8-16)24-19(23-11-13-25-14-12-23)21-22-20(24)26-15-17-5-3-2-4-6-17/h2-10H,11-15H2,1H3. The molecule has 1 aliphatic rings. The number of aromatic nitrogens is 3. The number of hydrogen-bond acceptors (Lipinski definition) is 5. The number of rotatable bonds is 5. The molecule has 1 aromatic heterocycles. The van der Waals surface area contributed by atoms with E-state index in [1.807, 2.05) is 6.07 Å². The summed E-state index contributed by atoms with van der Waals surface area (Å²) in [6.45, 7) is 5.24. The Morgan fingerprint density at radius 3 is 2.42 bits per heavy atom. The van der Waals surface area contributed by atoms with Crippen LogP contribution in [0.25, 0.3) is 5.69 Å². The fraction of sp³-hybridized carbons (Fsp3) is 0.300. The van der Waals surface area contributed by atoms with Crippen molar-refractivity contribution in [1.29, 1.82) is 0 Å². The Labute approximate surface area is 158 Å². The second-order valence-electron chi connectivity index (χ2n) is 6.33. The van der Waals surface area contributed by atoms with Gasteiger partial charge in [0.1, 0.15) is 0 Å². The highest BCUT2D eigenvalue weighted by Crippen LogP contribution is 2.29. The predicted octanol–water partition coefficient (Wildman–Crippen LogP) is 3.70. The van der Waals surface area contributed by atoms with Gasteiger partial charge in [-0.15, -0.1) is 10.2 Å². The van der Waals surface area contributed by atoms with E-state index in [9.17, 15) is 0 Å². The highest BCUT2D eigenvalue weighted by atomic mass is 32.2. The number of ether oxygens (including phenoxy) is 1. The maximum Gasteiger partial charge on any atom is 0.232 e. The lowest BCUT2D eigenvalue weighted by Crippen LogP contribution is -2.37. The van der Waals surface area contributed by atoms with Crippen molar-refractivity contribution in [3.8, 4) is 5.69 Å². The Morgan fingerprint density at radius 1 is 0.962 bits per heavy atom. The topological polar surface area (TPSA) is 43.2 Å². The lowest BCUT2D eigenvalue weighted by atomic mass is 10.2. The van der Waals surface area contributed by atoms with Gasteiger partial charge in [0.15, 0.2) is 5.16 Å². The van der Waals surface area contributed by atoms with Crippen LogP contribution in [0.2, 0.25) is 0 Å². The molecule has 0 bridgehead atoms. The summed E-state index contributed by atoms with van der Waals surface area (Å²) in [5, 5.41) is 9.93. The van der Waals surface area contributed by atoms with Gasteiger partial charge in [0.05, 0.1) is 18.9 Å². The zero-order valence-electron chi connectivity index (χ0n) is 14.8. The van der Waals surface area contributed by atoms with Crippen molar-refractivity contribution in [2.24, 2.45) is 0 Å². The number of benzene rings is 2. The molecule has 26 heavy (non-hydrogen) atoms. The van der Waals surface area contributed by atoms with Crippen LogP contribution in [0.3, 0.4) is 0 Å². The number of hydrogen-bond donors (Lipinski definition) is 0. The van der Waals surface area contributed by atoms with Crippen molar-refractivity contribution in [1.82, 2.24) is 14.8 Å². The van der Waals surface area contributed by atoms with E-state index in [4.69, 9.17) is 4.74 Å². The van der Waals surface area contributed by atoms with Crippen LogP contribution in [-0.4, -0.2) is 41.1 Å². The normalized spacial score (nSPS) is 14.6. The van der Waals surface area contributed by atoms with Gasteiger partial charge >= 0.3 is 0 Å². The average Bonchev–Trinajstić information content (AvgIpc) is 3.12. The molecular weight excluding hydrogens is 344 g/mol.